The van der Waals surface area contributed by atoms with Crippen LogP contribution >= 0.6 is 0 Å². The number of hydrogen-bond donors (Lipinski definition) is 2. The Balaban J connectivity index is 3.23. The van der Waals surface area contributed by atoms with E-state index in [1.165, 1.54) is 6.08 Å². The molecule has 25 heavy (non-hydrogen) atoms. The van der Waals surface area contributed by atoms with Crippen molar-refractivity contribution in [3.05, 3.63) is 23.3 Å². The van der Waals surface area contributed by atoms with Crippen LogP contribution in [-0.4, -0.2) is 40.3 Å². The fourth-order valence-electron chi connectivity index (χ4n) is 3.24. The van der Waals surface area contributed by atoms with Crippen molar-refractivity contribution in [1.82, 2.24) is 0 Å². The molecule has 5 heteroatoms. The minimum atomic E-state index is -1.07. The summed E-state index contributed by atoms with van der Waals surface area (Å²) in [5.41, 5.74) is 1.20. The molecule has 0 radical (unpaired) electrons. The SMILES string of the molecule is CCC1OC(=O)C(C)C(O)C(C)=CC(=O)CC(C)C(O)C(C)=CC1C. The number of cyclic esters (lactones) is 1. The van der Waals surface area contributed by atoms with Gasteiger partial charge < -0.3 is 14.9 Å². The molecular formula is C20H32O5. The summed E-state index contributed by atoms with van der Waals surface area (Å²) >= 11 is 0. The van der Waals surface area contributed by atoms with Crippen molar-refractivity contribution >= 4 is 11.8 Å². The fraction of sp³-hybridized carbons (Fsp3) is 0.700. The Hall–Kier alpha value is -1.46. The first-order valence-corrected chi connectivity index (χ1v) is 9.04. The molecular weight excluding hydrogens is 320 g/mol. The van der Waals surface area contributed by atoms with Crippen molar-refractivity contribution < 1.29 is 24.5 Å². The molecule has 2 N–H and O–H groups in total. The minimum absolute atomic E-state index is 0.0737. The van der Waals surface area contributed by atoms with Gasteiger partial charge in [0.1, 0.15) is 6.10 Å². The maximum absolute atomic E-state index is 12.4. The van der Waals surface area contributed by atoms with Gasteiger partial charge in [-0.1, -0.05) is 26.8 Å². The van der Waals surface area contributed by atoms with Gasteiger partial charge in [-0.2, -0.15) is 0 Å². The predicted octanol–water partition coefficient (Wildman–Crippen LogP) is 2.80. The molecule has 1 heterocycles. The fourth-order valence-corrected chi connectivity index (χ4v) is 3.24. The zero-order valence-electron chi connectivity index (χ0n) is 16.2. The molecule has 1 rings (SSSR count). The van der Waals surface area contributed by atoms with Gasteiger partial charge in [0.15, 0.2) is 5.78 Å². The first kappa shape index (κ1) is 21.6. The Morgan fingerprint density at radius 2 is 1.68 bits per heavy atom. The highest BCUT2D eigenvalue weighted by molar-refractivity contribution is 5.90. The summed E-state index contributed by atoms with van der Waals surface area (Å²) in [6.07, 6.45) is 1.96. The summed E-state index contributed by atoms with van der Waals surface area (Å²) in [5, 5.41) is 20.8. The number of aliphatic hydroxyl groups is 2. The predicted molar refractivity (Wildman–Crippen MR) is 96.8 cm³/mol. The molecule has 0 saturated carbocycles. The Kier molecular flexibility index (Phi) is 8.03. The summed E-state index contributed by atoms with van der Waals surface area (Å²) in [6.45, 7) is 10.8. The van der Waals surface area contributed by atoms with Gasteiger partial charge in [-0.3, -0.25) is 9.59 Å². The highest BCUT2D eigenvalue weighted by atomic mass is 16.5. The van der Waals surface area contributed by atoms with Crippen molar-refractivity contribution in [2.75, 3.05) is 0 Å². The van der Waals surface area contributed by atoms with E-state index < -0.39 is 24.1 Å². The van der Waals surface area contributed by atoms with Crippen molar-refractivity contribution in [1.29, 1.82) is 0 Å². The van der Waals surface area contributed by atoms with Gasteiger partial charge in [0.2, 0.25) is 0 Å². The van der Waals surface area contributed by atoms with Crippen LogP contribution in [0.4, 0.5) is 0 Å². The number of allylic oxidation sites excluding steroid dienone is 1. The third-order valence-electron chi connectivity index (χ3n) is 5.01. The molecule has 142 valence electrons. The number of hydrogen-bond acceptors (Lipinski definition) is 5. The van der Waals surface area contributed by atoms with E-state index in [9.17, 15) is 19.8 Å². The van der Waals surface area contributed by atoms with Crippen LogP contribution in [0.2, 0.25) is 0 Å². The average molecular weight is 352 g/mol. The van der Waals surface area contributed by atoms with Crippen molar-refractivity contribution in [2.45, 2.75) is 72.7 Å². The summed E-state index contributed by atoms with van der Waals surface area (Å²) in [6, 6.07) is 0. The van der Waals surface area contributed by atoms with Crippen LogP contribution < -0.4 is 0 Å². The second-order valence-corrected chi connectivity index (χ2v) is 7.37. The van der Waals surface area contributed by atoms with E-state index >= 15 is 0 Å². The maximum Gasteiger partial charge on any atom is 0.311 e. The van der Waals surface area contributed by atoms with Crippen LogP contribution in [0.1, 0.15) is 54.4 Å². The first-order valence-electron chi connectivity index (χ1n) is 9.04. The Morgan fingerprint density at radius 3 is 2.24 bits per heavy atom. The number of ether oxygens (including phenoxy) is 1. The van der Waals surface area contributed by atoms with Gasteiger partial charge >= 0.3 is 5.97 Å². The largest absolute Gasteiger partial charge is 0.461 e. The molecule has 6 atom stereocenters. The van der Waals surface area contributed by atoms with Crippen LogP contribution in [0.25, 0.3) is 0 Å². The van der Waals surface area contributed by atoms with Gasteiger partial charge in [-0.25, -0.2) is 0 Å². The normalized spacial score (nSPS) is 36.2. The second kappa shape index (κ2) is 9.30. The molecule has 0 spiro atoms. The third-order valence-corrected chi connectivity index (χ3v) is 5.01. The second-order valence-electron chi connectivity index (χ2n) is 7.37. The molecule has 0 aromatic rings. The molecule has 0 aromatic carbocycles. The number of esters is 1. The molecule has 6 unspecified atom stereocenters. The Labute approximate surface area is 150 Å². The zero-order chi connectivity index (χ0) is 19.3. The smallest absolute Gasteiger partial charge is 0.311 e. The van der Waals surface area contributed by atoms with E-state index in [-0.39, 0.29) is 30.1 Å². The third kappa shape index (κ3) is 5.79. The highest BCUT2D eigenvalue weighted by Gasteiger charge is 2.29. The van der Waals surface area contributed by atoms with E-state index in [2.05, 4.69) is 0 Å². The maximum atomic E-state index is 12.4. The Morgan fingerprint density at radius 1 is 1.08 bits per heavy atom. The lowest BCUT2D eigenvalue weighted by Gasteiger charge is -2.27. The number of carbonyl (C=O) groups is 2. The van der Waals surface area contributed by atoms with Crippen LogP contribution in [0, 0.1) is 17.8 Å². The quantitative estimate of drug-likeness (QED) is 0.560. The lowest BCUT2D eigenvalue weighted by Crippen LogP contribution is -2.34. The molecule has 0 bridgehead atoms. The van der Waals surface area contributed by atoms with Crippen LogP contribution in [0.5, 0.6) is 0 Å². The van der Waals surface area contributed by atoms with Gasteiger partial charge in [-0.05, 0) is 50.3 Å². The standard InChI is InChI=1S/C20H32O5/c1-7-17-11(2)8-12(3)18(22)13(4)9-16(21)10-14(5)19(23)15(6)20(24)25-17/h8,10-11,13,15,17-19,22-23H,7,9H2,1-6H3. The molecule has 0 aromatic heterocycles. The zero-order valence-corrected chi connectivity index (χ0v) is 16.2. The van der Waals surface area contributed by atoms with Gasteiger partial charge in [0, 0.05) is 12.3 Å². The van der Waals surface area contributed by atoms with Gasteiger partial charge in [-0.15, -0.1) is 0 Å². The van der Waals surface area contributed by atoms with Crippen LogP contribution in [-0.2, 0) is 14.3 Å². The minimum Gasteiger partial charge on any atom is -0.461 e. The molecule has 1 aliphatic heterocycles. The summed E-state index contributed by atoms with van der Waals surface area (Å²) < 4.78 is 5.59. The molecule has 0 fully saturated rings. The number of carbonyl (C=O) groups excluding carboxylic acids is 2. The number of rotatable bonds is 1. The molecule has 0 amide bonds. The van der Waals surface area contributed by atoms with E-state index in [1.807, 2.05) is 33.8 Å². The average Bonchev–Trinajstić information content (AvgIpc) is 2.55. The summed E-state index contributed by atoms with van der Waals surface area (Å²) in [4.78, 5) is 24.6. The topological polar surface area (TPSA) is 83.8 Å². The molecule has 1 aliphatic rings. The monoisotopic (exact) mass is 352 g/mol. The molecule has 0 aliphatic carbocycles. The number of aliphatic hydroxyl groups excluding tert-OH is 2. The van der Waals surface area contributed by atoms with Crippen molar-refractivity contribution in [3.8, 4) is 0 Å². The lowest BCUT2D eigenvalue weighted by atomic mass is 9.89. The highest BCUT2D eigenvalue weighted by Crippen LogP contribution is 2.24. The van der Waals surface area contributed by atoms with Crippen molar-refractivity contribution in [3.63, 3.8) is 0 Å². The summed E-state index contributed by atoms with van der Waals surface area (Å²) in [7, 11) is 0. The number of ketones is 1. The van der Waals surface area contributed by atoms with E-state index in [0.717, 1.165) is 5.57 Å². The van der Waals surface area contributed by atoms with E-state index in [4.69, 9.17) is 4.74 Å². The Bertz CT molecular complexity index is 548. The van der Waals surface area contributed by atoms with Crippen LogP contribution in [0.3, 0.4) is 0 Å². The summed E-state index contributed by atoms with van der Waals surface area (Å²) in [5.74, 6) is -1.71. The lowest BCUT2D eigenvalue weighted by molar-refractivity contribution is -0.158. The van der Waals surface area contributed by atoms with E-state index in [1.54, 1.807) is 13.8 Å². The molecule has 5 nitrogen and oxygen atoms in total. The molecule has 0 saturated heterocycles. The van der Waals surface area contributed by atoms with Gasteiger partial charge in [0.25, 0.3) is 0 Å². The van der Waals surface area contributed by atoms with Crippen LogP contribution in [0.15, 0.2) is 23.3 Å². The van der Waals surface area contributed by atoms with Gasteiger partial charge in [0.05, 0.1) is 18.1 Å². The van der Waals surface area contributed by atoms with Crippen molar-refractivity contribution in [2.24, 2.45) is 17.8 Å². The first-order chi connectivity index (χ1) is 11.6. The van der Waals surface area contributed by atoms with E-state index in [0.29, 0.717) is 12.0 Å².